The minimum absolute atomic E-state index is 0.0463. The largest absolute Gasteiger partial charge is 0.336 e. The van der Waals surface area contributed by atoms with Gasteiger partial charge in [-0.1, -0.05) is 42.0 Å². The number of urea groups is 1. The van der Waals surface area contributed by atoms with Gasteiger partial charge in [-0.3, -0.25) is 4.79 Å². The van der Waals surface area contributed by atoms with Crippen molar-refractivity contribution < 1.29 is 9.59 Å². The molecule has 0 radical (unpaired) electrons. The molecule has 5 nitrogen and oxygen atoms in total. The van der Waals surface area contributed by atoms with Crippen molar-refractivity contribution >= 4 is 11.9 Å². The van der Waals surface area contributed by atoms with Gasteiger partial charge in [-0.15, -0.1) is 0 Å². The van der Waals surface area contributed by atoms with E-state index in [9.17, 15) is 9.59 Å². The van der Waals surface area contributed by atoms with Crippen molar-refractivity contribution in [3.63, 3.8) is 0 Å². The molecule has 27 heavy (non-hydrogen) atoms. The molecule has 3 unspecified atom stereocenters. The summed E-state index contributed by atoms with van der Waals surface area (Å²) in [6.45, 7) is 5.07. The van der Waals surface area contributed by atoms with Crippen molar-refractivity contribution in [1.82, 2.24) is 15.1 Å². The zero-order valence-corrected chi connectivity index (χ0v) is 15.8. The summed E-state index contributed by atoms with van der Waals surface area (Å²) in [6, 6.07) is 7.85. The lowest BCUT2D eigenvalue weighted by Gasteiger charge is -2.22. The molecule has 0 aromatic heterocycles. The molecule has 4 aliphatic rings. The van der Waals surface area contributed by atoms with Gasteiger partial charge in [0.05, 0.1) is 0 Å². The Balaban J connectivity index is 1.16. The van der Waals surface area contributed by atoms with Crippen LogP contribution in [0.4, 0.5) is 4.79 Å². The normalized spacial score (nSPS) is 33.8. The first kappa shape index (κ1) is 16.8. The van der Waals surface area contributed by atoms with Crippen LogP contribution in [0.15, 0.2) is 36.4 Å². The van der Waals surface area contributed by atoms with Gasteiger partial charge in [0, 0.05) is 26.2 Å². The van der Waals surface area contributed by atoms with E-state index in [1.807, 2.05) is 9.80 Å². The highest BCUT2D eigenvalue weighted by molar-refractivity contribution is 5.88. The van der Waals surface area contributed by atoms with Crippen LogP contribution in [-0.4, -0.2) is 47.4 Å². The first-order valence-corrected chi connectivity index (χ1v) is 10.2. The average molecular weight is 365 g/mol. The molecule has 1 aromatic carbocycles. The van der Waals surface area contributed by atoms with Crippen LogP contribution in [0.3, 0.4) is 0 Å². The summed E-state index contributed by atoms with van der Waals surface area (Å²) >= 11 is 0. The number of nitrogens with one attached hydrogen (secondary N) is 1. The van der Waals surface area contributed by atoms with Crippen LogP contribution in [0.5, 0.6) is 0 Å². The van der Waals surface area contributed by atoms with Gasteiger partial charge in [0.1, 0.15) is 6.04 Å². The predicted molar refractivity (Wildman–Crippen MR) is 103 cm³/mol. The highest BCUT2D eigenvalue weighted by atomic mass is 16.2. The number of likely N-dealkylation sites (tertiary alicyclic amines) is 2. The number of carbonyl (C=O) groups excluding carboxylic acids is 2. The number of allylic oxidation sites excluding steroid dienone is 2. The number of nitrogens with zero attached hydrogens (tertiary/aromatic N) is 2. The standard InChI is InChI=1S/C22H27N3O2/c1-14-2-4-15(5-3-14)11-24-9-8-20(21(24)26)23-22(27)25-12-18-16-6-7-17(10-16)19(18)13-25/h2-7,16-20H,8-13H2,1H3,(H,23,27)/t16?,17?,18-,19+,20?. The Kier molecular flexibility index (Phi) is 3.99. The molecule has 5 heteroatoms. The Hall–Kier alpha value is -2.30. The topological polar surface area (TPSA) is 52.7 Å². The second-order valence-corrected chi connectivity index (χ2v) is 8.72. The molecule has 2 saturated heterocycles. The summed E-state index contributed by atoms with van der Waals surface area (Å²) < 4.78 is 0. The first-order chi connectivity index (χ1) is 13.1. The van der Waals surface area contributed by atoms with Crippen molar-refractivity contribution in [3.05, 3.63) is 47.5 Å². The second kappa shape index (κ2) is 6.39. The quantitative estimate of drug-likeness (QED) is 0.837. The number of aryl methyl sites for hydroxylation is 1. The smallest absolute Gasteiger partial charge is 0.318 e. The third-order valence-corrected chi connectivity index (χ3v) is 7.04. The molecule has 5 rings (SSSR count). The van der Waals surface area contributed by atoms with E-state index < -0.39 is 0 Å². The molecular weight excluding hydrogens is 338 g/mol. The van der Waals surface area contributed by atoms with Crippen LogP contribution in [0, 0.1) is 30.6 Å². The molecule has 2 heterocycles. The van der Waals surface area contributed by atoms with E-state index in [1.165, 1.54) is 12.0 Å². The molecule has 2 aliphatic heterocycles. The summed E-state index contributed by atoms with van der Waals surface area (Å²) in [7, 11) is 0. The maximum Gasteiger partial charge on any atom is 0.318 e. The second-order valence-electron chi connectivity index (χ2n) is 8.72. The number of fused-ring (bicyclic) bond motifs is 5. The number of rotatable bonds is 3. The Morgan fingerprint density at radius 3 is 2.44 bits per heavy atom. The van der Waals surface area contributed by atoms with Gasteiger partial charge in [-0.05, 0) is 49.0 Å². The molecule has 1 saturated carbocycles. The lowest BCUT2D eigenvalue weighted by atomic mass is 9.86. The molecule has 0 spiro atoms. The molecule has 3 amide bonds. The maximum atomic E-state index is 12.7. The van der Waals surface area contributed by atoms with E-state index in [-0.39, 0.29) is 18.0 Å². The van der Waals surface area contributed by atoms with E-state index in [1.54, 1.807) is 0 Å². The summed E-state index contributed by atoms with van der Waals surface area (Å²) in [5.74, 6) is 2.63. The van der Waals surface area contributed by atoms with Gasteiger partial charge in [-0.25, -0.2) is 4.79 Å². The predicted octanol–water partition coefficient (Wildman–Crippen LogP) is 2.56. The lowest BCUT2D eigenvalue weighted by Crippen LogP contribution is -2.47. The minimum atomic E-state index is -0.377. The summed E-state index contributed by atoms with van der Waals surface area (Å²) in [4.78, 5) is 29.3. The number of amides is 3. The SMILES string of the molecule is Cc1ccc(CN2CCC(NC(=O)N3C[C@@H]4C5C=CC(C5)[C@@H]4C3)C2=O)cc1. The van der Waals surface area contributed by atoms with Crippen molar-refractivity contribution in [2.75, 3.05) is 19.6 Å². The average Bonchev–Trinajstić information content (AvgIpc) is 3.41. The number of benzene rings is 1. The Bertz CT molecular complexity index is 767. The van der Waals surface area contributed by atoms with Crippen LogP contribution in [0.1, 0.15) is 24.0 Å². The van der Waals surface area contributed by atoms with Gasteiger partial charge in [-0.2, -0.15) is 0 Å². The summed E-state index contributed by atoms with van der Waals surface area (Å²) in [5, 5.41) is 3.01. The fourth-order valence-corrected chi connectivity index (χ4v) is 5.50. The lowest BCUT2D eigenvalue weighted by molar-refractivity contribution is -0.129. The summed E-state index contributed by atoms with van der Waals surface area (Å²) in [6.07, 6.45) is 6.66. The molecule has 2 aliphatic carbocycles. The van der Waals surface area contributed by atoms with Gasteiger partial charge in [0.2, 0.25) is 5.91 Å². The van der Waals surface area contributed by atoms with Gasteiger partial charge >= 0.3 is 6.03 Å². The molecule has 142 valence electrons. The van der Waals surface area contributed by atoms with Crippen molar-refractivity contribution in [1.29, 1.82) is 0 Å². The fraction of sp³-hybridized carbons (Fsp3) is 0.545. The van der Waals surface area contributed by atoms with Crippen LogP contribution in [0.25, 0.3) is 0 Å². The zero-order valence-electron chi connectivity index (χ0n) is 15.8. The Morgan fingerprint density at radius 1 is 1.11 bits per heavy atom. The van der Waals surface area contributed by atoms with E-state index in [0.29, 0.717) is 43.2 Å². The third kappa shape index (κ3) is 2.93. The van der Waals surface area contributed by atoms with E-state index in [2.05, 4.69) is 48.7 Å². The van der Waals surface area contributed by atoms with Gasteiger partial charge in [0.15, 0.2) is 0 Å². The molecule has 1 N–H and O–H groups in total. The molecule has 5 atom stereocenters. The molecule has 2 bridgehead atoms. The zero-order chi connectivity index (χ0) is 18.5. The number of hydrogen-bond acceptors (Lipinski definition) is 2. The maximum absolute atomic E-state index is 12.7. The first-order valence-electron chi connectivity index (χ1n) is 10.2. The van der Waals surface area contributed by atoms with E-state index in [4.69, 9.17) is 0 Å². The van der Waals surface area contributed by atoms with Crippen molar-refractivity contribution in [2.45, 2.75) is 32.4 Å². The van der Waals surface area contributed by atoms with Crippen LogP contribution in [-0.2, 0) is 11.3 Å². The van der Waals surface area contributed by atoms with Crippen molar-refractivity contribution in [3.8, 4) is 0 Å². The fourth-order valence-electron chi connectivity index (χ4n) is 5.50. The Labute approximate surface area is 160 Å². The van der Waals surface area contributed by atoms with E-state index >= 15 is 0 Å². The van der Waals surface area contributed by atoms with Gasteiger partial charge < -0.3 is 15.1 Å². The highest BCUT2D eigenvalue weighted by Crippen LogP contribution is 2.51. The van der Waals surface area contributed by atoms with Crippen LogP contribution in [0.2, 0.25) is 0 Å². The highest BCUT2D eigenvalue weighted by Gasteiger charge is 2.50. The van der Waals surface area contributed by atoms with Gasteiger partial charge in [0.25, 0.3) is 0 Å². The monoisotopic (exact) mass is 365 g/mol. The number of carbonyl (C=O) groups is 2. The molecule has 3 fully saturated rings. The Morgan fingerprint density at radius 2 is 1.78 bits per heavy atom. The van der Waals surface area contributed by atoms with E-state index in [0.717, 1.165) is 18.7 Å². The minimum Gasteiger partial charge on any atom is -0.336 e. The van der Waals surface area contributed by atoms with Crippen molar-refractivity contribution in [2.24, 2.45) is 23.7 Å². The van der Waals surface area contributed by atoms with Crippen LogP contribution >= 0.6 is 0 Å². The van der Waals surface area contributed by atoms with Crippen LogP contribution < -0.4 is 5.32 Å². The third-order valence-electron chi connectivity index (χ3n) is 7.04. The molecule has 1 aromatic rings. The number of hydrogen-bond donors (Lipinski definition) is 1. The summed E-state index contributed by atoms with van der Waals surface area (Å²) in [5.41, 5.74) is 2.35. The molecular formula is C22H27N3O2.